The first kappa shape index (κ1) is 25.7. The molecule has 0 spiro atoms. The molecule has 0 bridgehead atoms. The molecule has 0 unspecified atom stereocenters. The van der Waals surface area contributed by atoms with Crippen molar-refractivity contribution >= 4 is 6.03 Å². The van der Waals surface area contributed by atoms with Crippen LogP contribution in [0.4, 0.5) is 4.79 Å². The molecule has 18 heavy (non-hydrogen) atoms. The van der Waals surface area contributed by atoms with Crippen molar-refractivity contribution < 1.29 is 40.5 Å². The van der Waals surface area contributed by atoms with Gasteiger partial charge < -0.3 is 47.2 Å². The summed E-state index contributed by atoms with van der Waals surface area (Å²) in [4.78, 5) is 9.00. The van der Waals surface area contributed by atoms with E-state index in [1.807, 2.05) is 0 Å². The molecule has 114 valence electrons. The van der Waals surface area contributed by atoms with E-state index in [1.165, 1.54) is 0 Å². The average Bonchev–Trinajstić information content (AvgIpc) is 2.37. The number of hydrogen-bond acceptors (Lipinski definition) is 8. The van der Waals surface area contributed by atoms with Gasteiger partial charge in [-0.25, -0.2) is 4.79 Å². The summed E-state index contributed by atoms with van der Waals surface area (Å²) in [6, 6.07) is -0.833. The van der Waals surface area contributed by atoms with Crippen LogP contribution in [0.2, 0.25) is 0 Å². The van der Waals surface area contributed by atoms with Gasteiger partial charge in [-0.15, -0.1) is 0 Å². The van der Waals surface area contributed by atoms with Crippen molar-refractivity contribution in [3.8, 4) is 0 Å². The van der Waals surface area contributed by atoms with Crippen LogP contribution in [0.5, 0.6) is 0 Å². The van der Waals surface area contributed by atoms with Gasteiger partial charge in [0, 0.05) is 0 Å². The van der Waals surface area contributed by atoms with E-state index in [1.54, 1.807) is 0 Å². The fourth-order valence-corrected chi connectivity index (χ4v) is 0.0577. The summed E-state index contributed by atoms with van der Waals surface area (Å²) < 4.78 is 0. The van der Waals surface area contributed by atoms with Gasteiger partial charge in [0.25, 0.3) is 0 Å². The average molecular weight is 276 g/mol. The standard InChI is InChI=1S/C3H8O3.2C2H6O2.CH4N2O/c4-1-3(6)2-5;2*3-1-2-4;2-1(3)4/h3-6H,1-2H2;2*3-4H,1-2H2;(H4,2,3,4). The lowest BCUT2D eigenvalue weighted by Gasteiger charge is -1.96. The number of aliphatic hydroxyl groups is 7. The number of rotatable bonds is 4. The number of aliphatic hydroxyl groups excluding tert-OH is 7. The van der Waals surface area contributed by atoms with Crippen molar-refractivity contribution in [1.29, 1.82) is 0 Å². The van der Waals surface area contributed by atoms with Crippen LogP contribution in [0.15, 0.2) is 0 Å². The summed E-state index contributed by atoms with van der Waals surface area (Å²) in [6.45, 7) is -1.23. The molecule has 0 aromatic carbocycles. The molecule has 0 fully saturated rings. The molecule has 10 nitrogen and oxygen atoms in total. The summed E-state index contributed by atoms with van der Waals surface area (Å²) in [5.74, 6) is 0. The molecule has 11 N–H and O–H groups in total. The molecule has 10 heteroatoms. The molecule has 0 rings (SSSR count). The number of carbonyl (C=O) groups excluding carboxylic acids is 1. The maximum absolute atomic E-state index is 9.00. The van der Waals surface area contributed by atoms with E-state index in [0.29, 0.717) is 0 Å². The third kappa shape index (κ3) is 118. The second-order valence-electron chi connectivity index (χ2n) is 2.32. The van der Waals surface area contributed by atoms with Gasteiger partial charge in [0.2, 0.25) is 0 Å². The molecule has 0 heterocycles. The molecule has 0 aromatic rings. The smallest absolute Gasteiger partial charge is 0.309 e. The third-order valence-electron chi connectivity index (χ3n) is 0.621. The lowest BCUT2D eigenvalue weighted by atomic mass is 10.4. The molecule has 0 aliphatic rings. The topological polar surface area (TPSA) is 211 Å². The van der Waals surface area contributed by atoms with Crippen molar-refractivity contribution in [1.82, 2.24) is 0 Å². The minimum atomic E-state index is -0.954. The van der Waals surface area contributed by atoms with E-state index in [9.17, 15) is 0 Å². The lowest BCUT2D eigenvalue weighted by molar-refractivity contribution is 0.0450. The third-order valence-corrected chi connectivity index (χ3v) is 0.621. The van der Waals surface area contributed by atoms with E-state index in [0.717, 1.165) is 0 Å². The highest BCUT2D eigenvalue weighted by atomic mass is 16.3. The quantitative estimate of drug-likeness (QED) is 0.243. The normalized spacial score (nSPS) is 8.00. The molecule has 0 radical (unpaired) electrons. The predicted molar refractivity (Wildman–Crippen MR) is 62.3 cm³/mol. The molecule has 0 aromatic heterocycles. The van der Waals surface area contributed by atoms with Crippen molar-refractivity contribution in [3.63, 3.8) is 0 Å². The van der Waals surface area contributed by atoms with Crippen LogP contribution >= 0.6 is 0 Å². The SMILES string of the molecule is NC(N)=O.OCC(O)CO.OCCO.OCCO. The van der Waals surface area contributed by atoms with Crippen molar-refractivity contribution in [2.24, 2.45) is 11.5 Å². The Balaban J connectivity index is -0.0000000742. The van der Waals surface area contributed by atoms with Crippen LogP contribution in [0.3, 0.4) is 0 Å². The van der Waals surface area contributed by atoms with E-state index in [-0.39, 0.29) is 39.6 Å². The maximum atomic E-state index is 9.00. The zero-order chi connectivity index (χ0) is 15.4. The van der Waals surface area contributed by atoms with E-state index in [4.69, 9.17) is 40.5 Å². The summed E-state index contributed by atoms with van der Waals surface area (Å²) >= 11 is 0. The van der Waals surface area contributed by atoms with E-state index < -0.39 is 12.1 Å². The first-order chi connectivity index (χ1) is 8.37. The number of carbonyl (C=O) groups is 1. The Labute approximate surface area is 105 Å². The van der Waals surface area contributed by atoms with E-state index >= 15 is 0 Å². The summed E-state index contributed by atoms with van der Waals surface area (Å²) in [5.41, 5.74) is 8.50. The van der Waals surface area contributed by atoms with Gasteiger partial charge in [0.05, 0.1) is 39.6 Å². The Morgan fingerprint density at radius 1 is 0.778 bits per heavy atom. The fourth-order valence-electron chi connectivity index (χ4n) is 0.0577. The molecule has 0 saturated heterocycles. The Kier molecular flexibility index (Phi) is 42.5. The zero-order valence-electron chi connectivity index (χ0n) is 10.0. The maximum Gasteiger partial charge on any atom is 0.309 e. The first-order valence-corrected chi connectivity index (χ1v) is 4.75. The Bertz CT molecular complexity index is 122. The predicted octanol–water partition coefficient (Wildman–Crippen LogP) is -4.70. The van der Waals surface area contributed by atoms with Gasteiger partial charge in [0.15, 0.2) is 0 Å². The monoisotopic (exact) mass is 276 g/mol. The van der Waals surface area contributed by atoms with Gasteiger partial charge in [-0.05, 0) is 0 Å². The minimum absolute atomic E-state index is 0.125. The lowest BCUT2D eigenvalue weighted by Crippen LogP contribution is -2.18. The molecule has 0 aliphatic heterocycles. The number of hydrogen-bond donors (Lipinski definition) is 9. The highest BCUT2D eigenvalue weighted by Gasteiger charge is 1.93. The second kappa shape index (κ2) is 29.7. The van der Waals surface area contributed by atoms with Crippen molar-refractivity contribution in [2.45, 2.75) is 6.10 Å². The molecule has 0 atom stereocenters. The van der Waals surface area contributed by atoms with Gasteiger partial charge in [0.1, 0.15) is 6.10 Å². The molecular weight excluding hydrogens is 252 g/mol. The number of amides is 2. The fraction of sp³-hybridized carbons (Fsp3) is 0.875. The summed E-state index contributed by atoms with van der Waals surface area (Å²) in [5, 5.41) is 54.5. The highest BCUT2D eigenvalue weighted by Crippen LogP contribution is 1.71. The van der Waals surface area contributed by atoms with Crippen LogP contribution in [0.1, 0.15) is 0 Å². The minimum Gasteiger partial charge on any atom is -0.394 e. The first-order valence-electron chi connectivity index (χ1n) is 4.75. The van der Waals surface area contributed by atoms with Gasteiger partial charge >= 0.3 is 6.03 Å². The van der Waals surface area contributed by atoms with Crippen LogP contribution in [0.25, 0.3) is 0 Å². The largest absolute Gasteiger partial charge is 0.394 e. The van der Waals surface area contributed by atoms with Gasteiger partial charge in [-0.3, -0.25) is 0 Å². The molecule has 0 aliphatic carbocycles. The number of urea groups is 1. The Hall–Kier alpha value is -1.01. The Morgan fingerprint density at radius 3 is 0.944 bits per heavy atom. The molecule has 0 saturated carbocycles. The van der Waals surface area contributed by atoms with Crippen LogP contribution in [-0.2, 0) is 0 Å². The summed E-state index contributed by atoms with van der Waals surface area (Å²) in [7, 11) is 0. The van der Waals surface area contributed by atoms with Crippen molar-refractivity contribution in [2.75, 3.05) is 39.6 Å². The number of nitrogens with two attached hydrogens (primary N) is 2. The van der Waals surface area contributed by atoms with Gasteiger partial charge in [-0.1, -0.05) is 0 Å². The Morgan fingerprint density at radius 2 is 0.944 bits per heavy atom. The summed E-state index contributed by atoms with van der Waals surface area (Å²) in [6.07, 6.45) is -0.954. The molecule has 2 amide bonds. The highest BCUT2D eigenvalue weighted by molar-refractivity contribution is 5.69. The molecular formula is C8H24N2O8. The zero-order valence-corrected chi connectivity index (χ0v) is 10.0. The van der Waals surface area contributed by atoms with Crippen molar-refractivity contribution in [3.05, 3.63) is 0 Å². The van der Waals surface area contributed by atoms with Crippen LogP contribution in [0, 0.1) is 0 Å². The van der Waals surface area contributed by atoms with Crippen LogP contribution < -0.4 is 11.5 Å². The van der Waals surface area contributed by atoms with E-state index in [2.05, 4.69) is 11.5 Å². The number of primary amides is 2. The van der Waals surface area contributed by atoms with Gasteiger partial charge in [-0.2, -0.15) is 0 Å². The second-order valence-corrected chi connectivity index (χ2v) is 2.32. The van der Waals surface area contributed by atoms with Crippen LogP contribution in [-0.4, -0.2) is 87.5 Å².